The summed E-state index contributed by atoms with van der Waals surface area (Å²) in [7, 11) is 0. The monoisotopic (exact) mass is 317 g/mol. The number of carbonyl (C=O) groups is 1. The Morgan fingerprint density at radius 1 is 1.26 bits per heavy atom. The molecule has 1 fully saturated rings. The molecule has 126 valence electrons. The molecule has 1 aliphatic heterocycles. The lowest BCUT2D eigenvalue weighted by Crippen LogP contribution is -2.28. The van der Waals surface area contributed by atoms with Crippen LogP contribution in [0, 0.1) is 0 Å². The minimum Gasteiger partial charge on any atom is -0.378 e. The molecule has 0 unspecified atom stereocenters. The molecule has 1 heterocycles. The van der Waals surface area contributed by atoms with Gasteiger partial charge in [-0.2, -0.15) is 0 Å². The number of hydrogen-bond donors (Lipinski definition) is 1. The quantitative estimate of drug-likeness (QED) is 0.786. The first-order chi connectivity index (χ1) is 11.3. The van der Waals surface area contributed by atoms with Gasteiger partial charge in [0.25, 0.3) is 0 Å². The Bertz CT molecular complexity index is 511. The molecule has 4 nitrogen and oxygen atoms in total. The zero-order valence-corrected chi connectivity index (χ0v) is 13.8. The summed E-state index contributed by atoms with van der Waals surface area (Å²) in [5.41, 5.74) is 2.77. The van der Waals surface area contributed by atoms with E-state index >= 15 is 0 Å². The van der Waals surface area contributed by atoms with Crippen LogP contribution in [0.15, 0.2) is 24.3 Å². The van der Waals surface area contributed by atoms with Gasteiger partial charge in [-0.05, 0) is 49.7 Å². The third-order valence-corrected chi connectivity index (χ3v) is 4.71. The molecule has 3 rings (SSSR count). The van der Waals surface area contributed by atoms with Crippen LogP contribution in [0.1, 0.15) is 55.8 Å². The van der Waals surface area contributed by atoms with Crippen LogP contribution in [0.25, 0.3) is 0 Å². The molecule has 1 aromatic rings. The van der Waals surface area contributed by atoms with Crippen LogP contribution in [-0.4, -0.2) is 31.8 Å². The number of carbonyl (C=O) groups excluding carboxylic acids is 1. The highest BCUT2D eigenvalue weighted by Gasteiger charge is 2.20. The average molecular weight is 317 g/mol. The van der Waals surface area contributed by atoms with E-state index in [-0.39, 0.29) is 18.1 Å². The van der Waals surface area contributed by atoms with Gasteiger partial charge < -0.3 is 14.8 Å². The van der Waals surface area contributed by atoms with Crippen LogP contribution >= 0.6 is 0 Å². The smallest absolute Gasteiger partial charge is 0.222 e. The number of amides is 1. The first-order valence-electron chi connectivity index (χ1n) is 8.90. The van der Waals surface area contributed by atoms with Gasteiger partial charge in [-0.1, -0.05) is 24.3 Å². The molecule has 0 bridgehead atoms. The second-order valence-electron chi connectivity index (χ2n) is 6.49. The first-order valence-corrected chi connectivity index (χ1v) is 8.90. The van der Waals surface area contributed by atoms with Gasteiger partial charge >= 0.3 is 0 Å². The zero-order valence-electron chi connectivity index (χ0n) is 13.8. The summed E-state index contributed by atoms with van der Waals surface area (Å²) in [5.74, 6) is 0.0971. The zero-order chi connectivity index (χ0) is 15.9. The van der Waals surface area contributed by atoms with E-state index in [0.717, 1.165) is 38.7 Å². The van der Waals surface area contributed by atoms with Crippen LogP contribution in [0.2, 0.25) is 0 Å². The van der Waals surface area contributed by atoms with E-state index in [1.54, 1.807) is 0 Å². The third kappa shape index (κ3) is 4.79. The molecule has 1 aliphatic carbocycles. The second kappa shape index (κ2) is 8.46. The normalized spacial score (nSPS) is 23.5. The SMILES string of the molecule is O=C(C[C@@H]1CCCO1)NCCCO[C@H]1CCCc2ccccc21. The predicted molar refractivity (Wildman–Crippen MR) is 89.3 cm³/mol. The van der Waals surface area contributed by atoms with Crippen LogP contribution in [-0.2, 0) is 20.7 Å². The lowest BCUT2D eigenvalue weighted by molar-refractivity contribution is -0.123. The summed E-state index contributed by atoms with van der Waals surface area (Å²) >= 11 is 0. The van der Waals surface area contributed by atoms with Gasteiger partial charge in [0.15, 0.2) is 0 Å². The molecule has 1 saturated heterocycles. The average Bonchev–Trinajstić information content (AvgIpc) is 3.07. The van der Waals surface area contributed by atoms with Crippen molar-refractivity contribution in [3.63, 3.8) is 0 Å². The largest absolute Gasteiger partial charge is 0.378 e. The van der Waals surface area contributed by atoms with E-state index in [1.807, 2.05) is 0 Å². The molecular formula is C19H27NO3. The fourth-order valence-electron chi connectivity index (χ4n) is 3.49. The molecule has 1 N–H and O–H groups in total. The molecule has 0 aromatic heterocycles. The minimum atomic E-state index is 0.0971. The van der Waals surface area contributed by atoms with Crippen molar-refractivity contribution in [1.29, 1.82) is 0 Å². The maximum atomic E-state index is 11.8. The highest BCUT2D eigenvalue weighted by molar-refractivity contribution is 5.76. The molecular weight excluding hydrogens is 290 g/mol. The Balaban J connectivity index is 1.32. The number of rotatable bonds is 7. The van der Waals surface area contributed by atoms with Crippen LogP contribution in [0.4, 0.5) is 0 Å². The van der Waals surface area contributed by atoms with Crippen molar-refractivity contribution in [2.45, 2.75) is 57.2 Å². The van der Waals surface area contributed by atoms with Crippen molar-refractivity contribution < 1.29 is 14.3 Å². The van der Waals surface area contributed by atoms with E-state index in [9.17, 15) is 4.79 Å². The number of nitrogens with one attached hydrogen (secondary N) is 1. The van der Waals surface area contributed by atoms with Crippen molar-refractivity contribution in [1.82, 2.24) is 5.32 Å². The molecule has 1 amide bonds. The molecule has 4 heteroatoms. The topological polar surface area (TPSA) is 47.6 Å². The number of fused-ring (bicyclic) bond motifs is 1. The number of aryl methyl sites for hydroxylation is 1. The van der Waals surface area contributed by atoms with E-state index in [2.05, 4.69) is 29.6 Å². The molecule has 0 saturated carbocycles. The van der Waals surface area contributed by atoms with E-state index in [1.165, 1.54) is 17.5 Å². The Labute approximate surface area is 138 Å². The van der Waals surface area contributed by atoms with Gasteiger partial charge in [-0.15, -0.1) is 0 Å². The van der Waals surface area contributed by atoms with Crippen molar-refractivity contribution in [3.8, 4) is 0 Å². The fourth-order valence-corrected chi connectivity index (χ4v) is 3.49. The van der Waals surface area contributed by atoms with Gasteiger partial charge in [-0.25, -0.2) is 0 Å². The lowest BCUT2D eigenvalue weighted by atomic mass is 9.89. The standard InChI is InChI=1S/C19H27NO3/c21-19(14-16-8-4-12-22-16)20-11-5-13-23-18-10-3-7-15-6-1-2-9-17(15)18/h1-2,6,9,16,18H,3-5,7-8,10-14H2,(H,20,21)/t16-,18-/m0/s1. The number of benzene rings is 1. The predicted octanol–water partition coefficient (Wildman–Crippen LogP) is 3.16. The molecule has 2 atom stereocenters. The molecule has 2 aliphatic rings. The highest BCUT2D eigenvalue weighted by Crippen LogP contribution is 2.32. The Hall–Kier alpha value is -1.39. The second-order valence-corrected chi connectivity index (χ2v) is 6.49. The summed E-state index contributed by atoms with van der Waals surface area (Å²) in [4.78, 5) is 11.8. The van der Waals surface area contributed by atoms with Gasteiger partial charge in [0, 0.05) is 19.8 Å². The van der Waals surface area contributed by atoms with Gasteiger partial charge in [0.2, 0.25) is 5.91 Å². The lowest BCUT2D eigenvalue weighted by Gasteiger charge is -2.25. The third-order valence-electron chi connectivity index (χ3n) is 4.71. The van der Waals surface area contributed by atoms with Crippen LogP contribution in [0.3, 0.4) is 0 Å². The van der Waals surface area contributed by atoms with E-state index in [4.69, 9.17) is 9.47 Å². The number of ether oxygens (including phenoxy) is 2. The number of hydrogen-bond acceptors (Lipinski definition) is 3. The first kappa shape index (κ1) is 16.5. The molecule has 1 aromatic carbocycles. The minimum absolute atomic E-state index is 0.0971. The molecule has 0 radical (unpaired) electrons. The maximum Gasteiger partial charge on any atom is 0.222 e. The van der Waals surface area contributed by atoms with Crippen molar-refractivity contribution >= 4 is 5.91 Å². The Kier molecular flexibility index (Phi) is 6.06. The highest BCUT2D eigenvalue weighted by atomic mass is 16.5. The molecule has 23 heavy (non-hydrogen) atoms. The summed E-state index contributed by atoms with van der Waals surface area (Å²) in [6.45, 7) is 2.17. The summed E-state index contributed by atoms with van der Waals surface area (Å²) in [5, 5.41) is 2.97. The fraction of sp³-hybridized carbons (Fsp3) is 0.632. The summed E-state index contributed by atoms with van der Waals surface area (Å²) < 4.78 is 11.5. The van der Waals surface area contributed by atoms with Crippen molar-refractivity contribution in [3.05, 3.63) is 35.4 Å². The van der Waals surface area contributed by atoms with Crippen LogP contribution in [0.5, 0.6) is 0 Å². The van der Waals surface area contributed by atoms with Crippen molar-refractivity contribution in [2.75, 3.05) is 19.8 Å². The molecule has 0 spiro atoms. The Morgan fingerprint density at radius 3 is 3.04 bits per heavy atom. The summed E-state index contributed by atoms with van der Waals surface area (Å²) in [6.07, 6.45) is 7.25. The summed E-state index contributed by atoms with van der Waals surface area (Å²) in [6, 6.07) is 8.58. The Morgan fingerprint density at radius 2 is 2.17 bits per heavy atom. The van der Waals surface area contributed by atoms with Gasteiger partial charge in [0.05, 0.1) is 18.6 Å². The maximum absolute atomic E-state index is 11.8. The van der Waals surface area contributed by atoms with E-state index < -0.39 is 0 Å². The van der Waals surface area contributed by atoms with Crippen LogP contribution < -0.4 is 5.32 Å². The van der Waals surface area contributed by atoms with Gasteiger partial charge in [-0.3, -0.25) is 4.79 Å². The van der Waals surface area contributed by atoms with Crippen molar-refractivity contribution in [2.24, 2.45) is 0 Å². The van der Waals surface area contributed by atoms with E-state index in [0.29, 0.717) is 19.6 Å². The van der Waals surface area contributed by atoms with Gasteiger partial charge in [0.1, 0.15) is 0 Å².